The van der Waals surface area contributed by atoms with Crippen LogP contribution in [0.25, 0.3) is 22.2 Å². The Balaban J connectivity index is 0.00000210. The van der Waals surface area contributed by atoms with E-state index in [0.717, 1.165) is 26.6 Å². The van der Waals surface area contributed by atoms with Gasteiger partial charge in [-0.15, -0.1) is 12.4 Å². The number of ether oxygens (including phenoxy) is 1. The zero-order chi connectivity index (χ0) is 18.3. The highest BCUT2D eigenvalue weighted by atomic mass is 79.9. The van der Waals surface area contributed by atoms with Gasteiger partial charge in [-0.3, -0.25) is 4.79 Å². The highest BCUT2D eigenvalue weighted by Crippen LogP contribution is 2.33. The molecule has 0 bridgehead atoms. The summed E-state index contributed by atoms with van der Waals surface area (Å²) in [5, 5.41) is 0.793. The van der Waals surface area contributed by atoms with E-state index < -0.39 is 0 Å². The van der Waals surface area contributed by atoms with Crippen LogP contribution in [0.4, 0.5) is 5.82 Å². The molecule has 1 aliphatic rings. The zero-order valence-electron chi connectivity index (χ0n) is 14.8. The van der Waals surface area contributed by atoms with Gasteiger partial charge in [0.1, 0.15) is 5.82 Å². The van der Waals surface area contributed by atoms with Gasteiger partial charge in [0.05, 0.1) is 24.3 Å². The van der Waals surface area contributed by atoms with Crippen molar-refractivity contribution in [1.29, 1.82) is 0 Å². The van der Waals surface area contributed by atoms with E-state index in [1.165, 1.54) is 0 Å². The van der Waals surface area contributed by atoms with Crippen molar-refractivity contribution in [2.45, 2.75) is 0 Å². The van der Waals surface area contributed by atoms with E-state index in [4.69, 9.17) is 10.5 Å². The second-order valence-electron chi connectivity index (χ2n) is 6.32. The van der Waals surface area contributed by atoms with Gasteiger partial charge in [-0.1, -0.05) is 28.1 Å². The van der Waals surface area contributed by atoms with Crippen LogP contribution in [0.5, 0.6) is 0 Å². The number of aryl methyl sites for hydroxylation is 1. The second kappa shape index (κ2) is 7.88. The number of rotatable bonds is 2. The number of amides is 1. The monoisotopic (exact) mass is 450 g/mol. The third-order valence-electron chi connectivity index (χ3n) is 4.75. The first-order valence-electron chi connectivity index (χ1n) is 8.43. The maximum atomic E-state index is 13.0. The zero-order valence-corrected chi connectivity index (χ0v) is 17.2. The van der Waals surface area contributed by atoms with Crippen LogP contribution in [0.2, 0.25) is 0 Å². The van der Waals surface area contributed by atoms with Crippen molar-refractivity contribution in [2.24, 2.45) is 7.05 Å². The molecular weight excluding hydrogens is 432 g/mol. The van der Waals surface area contributed by atoms with E-state index in [9.17, 15) is 4.79 Å². The molecule has 0 unspecified atom stereocenters. The average Bonchev–Trinajstić information content (AvgIpc) is 3.01. The summed E-state index contributed by atoms with van der Waals surface area (Å²) >= 11 is 3.51. The van der Waals surface area contributed by atoms with Gasteiger partial charge in [-0.25, -0.2) is 4.98 Å². The predicted molar refractivity (Wildman–Crippen MR) is 112 cm³/mol. The Bertz CT molecular complexity index is 999. The summed E-state index contributed by atoms with van der Waals surface area (Å²) in [6.07, 6.45) is 1.58. The quantitative estimate of drug-likeness (QED) is 0.647. The van der Waals surface area contributed by atoms with Crippen molar-refractivity contribution in [3.63, 3.8) is 0 Å². The second-order valence-corrected chi connectivity index (χ2v) is 7.24. The molecule has 1 aliphatic heterocycles. The van der Waals surface area contributed by atoms with Crippen LogP contribution in [0, 0.1) is 0 Å². The molecule has 3 aromatic rings. The molecule has 0 radical (unpaired) electrons. The molecule has 1 aromatic carbocycles. The molecule has 2 N–H and O–H groups in total. The van der Waals surface area contributed by atoms with Crippen LogP contribution in [0.3, 0.4) is 0 Å². The Hall–Kier alpha value is -2.09. The molecule has 6 nitrogen and oxygen atoms in total. The number of carbonyl (C=O) groups is 1. The Morgan fingerprint density at radius 1 is 1.26 bits per heavy atom. The summed E-state index contributed by atoms with van der Waals surface area (Å²) in [7, 11) is 1.95. The number of hydrogen-bond acceptors (Lipinski definition) is 4. The molecule has 142 valence electrons. The van der Waals surface area contributed by atoms with E-state index in [1.807, 2.05) is 46.8 Å². The van der Waals surface area contributed by atoms with Gasteiger partial charge in [0, 0.05) is 41.9 Å². The van der Waals surface area contributed by atoms with Crippen molar-refractivity contribution in [3.8, 4) is 11.3 Å². The smallest absolute Gasteiger partial charge is 0.257 e. The van der Waals surface area contributed by atoms with Crippen LogP contribution in [0.1, 0.15) is 10.4 Å². The van der Waals surface area contributed by atoms with Crippen LogP contribution in [-0.2, 0) is 11.8 Å². The van der Waals surface area contributed by atoms with Crippen molar-refractivity contribution in [2.75, 3.05) is 32.0 Å². The lowest BCUT2D eigenvalue weighted by Crippen LogP contribution is -2.40. The van der Waals surface area contributed by atoms with Gasteiger partial charge in [0.25, 0.3) is 5.91 Å². The van der Waals surface area contributed by atoms with Crippen LogP contribution in [-0.4, -0.2) is 46.7 Å². The molecule has 1 saturated heterocycles. The minimum atomic E-state index is -0.0345. The van der Waals surface area contributed by atoms with E-state index in [-0.39, 0.29) is 18.3 Å². The topological polar surface area (TPSA) is 73.4 Å². The number of halogens is 2. The predicted octanol–water partition coefficient (Wildman–Crippen LogP) is 3.48. The van der Waals surface area contributed by atoms with Crippen LogP contribution in [0.15, 0.2) is 41.0 Å². The molecule has 4 rings (SSSR count). The fourth-order valence-corrected chi connectivity index (χ4v) is 3.81. The Labute approximate surface area is 171 Å². The number of pyridine rings is 1. The number of nitrogens with zero attached hydrogens (tertiary/aromatic N) is 3. The molecule has 0 spiro atoms. The van der Waals surface area contributed by atoms with Gasteiger partial charge < -0.3 is 19.9 Å². The molecular formula is C19H20BrClN4O2. The lowest BCUT2D eigenvalue weighted by molar-refractivity contribution is 0.0303. The van der Waals surface area contributed by atoms with E-state index >= 15 is 0 Å². The van der Waals surface area contributed by atoms with Gasteiger partial charge >= 0.3 is 0 Å². The minimum Gasteiger partial charge on any atom is -0.383 e. The molecule has 8 heteroatoms. The van der Waals surface area contributed by atoms with Crippen LogP contribution < -0.4 is 5.73 Å². The van der Waals surface area contributed by atoms with Crippen molar-refractivity contribution >= 4 is 51.0 Å². The standard InChI is InChI=1S/C19H19BrN4O2.ClH/c1-23-16(12-3-2-4-13(20)9-12)10-14-17(23)15(11-22-18(14)21)19(25)24-5-7-26-8-6-24;/h2-4,9-11H,5-8H2,1H3,(H2,21,22);1H. The van der Waals surface area contributed by atoms with E-state index in [0.29, 0.717) is 37.7 Å². The molecule has 0 aliphatic carbocycles. The number of fused-ring (bicyclic) bond motifs is 1. The number of hydrogen-bond donors (Lipinski definition) is 1. The van der Waals surface area contributed by atoms with Gasteiger partial charge in [0.2, 0.25) is 0 Å². The number of anilines is 1. The fourth-order valence-electron chi connectivity index (χ4n) is 3.41. The average molecular weight is 452 g/mol. The summed E-state index contributed by atoms with van der Waals surface area (Å²) in [6.45, 7) is 2.31. The number of benzene rings is 1. The van der Waals surface area contributed by atoms with Gasteiger partial charge in [-0.05, 0) is 23.8 Å². The van der Waals surface area contributed by atoms with Gasteiger partial charge in [-0.2, -0.15) is 0 Å². The fraction of sp³-hybridized carbons (Fsp3) is 0.263. The lowest BCUT2D eigenvalue weighted by Gasteiger charge is -2.27. The lowest BCUT2D eigenvalue weighted by atomic mass is 10.1. The van der Waals surface area contributed by atoms with E-state index in [2.05, 4.69) is 20.9 Å². The molecule has 1 fully saturated rings. The molecule has 1 amide bonds. The highest BCUT2D eigenvalue weighted by Gasteiger charge is 2.24. The minimum absolute atomic E-state index is 0. The summed E-state index contributed by atoms with van der Waals surface area (Å²) in [5.41, 5.74) is 9.52. The number of nitrogen functional groups attached to an aromatic ring is 1. The number of morpholine rings is 1. The summed E-state index contributed by atoms with van der Waals surface area (Å²) < 4.78 is 8.36. The number of carbonyl (C=O) groups excluding carboxylic acids is 1. The molecule has 2 aromatic heterocycles. The van der Waals surface area contributed by atoms with Crippen molar-refractivity contribution < 1.29 is 9.53 Å². The third kappa shape index (κ3) is 3.54. The first-order valence-corrected chi connectivity index (χ1v) is 9.22. The summed E-state index contributed by atoms with van der Waals surface area (Å²) in [6, 6.07) is 10.0. The highest BCUT2D eigenvalue weighted by molar-refractivity contribution is 9.10. The SMILES string of the molecule is Cl.Cn1c(-c2cccc(Br)c2)cc2c(N)ncc(C(=O)N3CCOCC3)c21. The largest absolute Gasteiger partial charge is 0.383 e. The molecule has 0 atom stereocenters. The first-order chi connectivity index (χ1) is 12.6. The molecule has 27 heavy (non-hydrogen) atoms. The first kappa shape index (κ1) is 19.7. The van der Waals surface area contributed by atoms with Crippen molar-refractivity contribution in [1.82, 2.24) is 14.5 Å². The summed E-state index contributed by atoms with van der Waals surface area (Å²) in [4.78, 5) is 19.1. The summed E-state index contributed by atoms with van der Waals surface area (Å²) in [5.74, 6) is 0.392. The van der Waals surface area contributed by atoms with E-state index in [1.54, 1.807) is 6.20 Å². The maximum absolute atomic E-state index is 13.0. The maximum Gasteiger partial charge on any atom is 0.257 e. The van der Waals surface area contributed by atoms with Crippen molar-refractivity contribution in [3.05, 3.63) is 46.6 Å². The molecule has 0 saturated carbocycles. The normalized spacial score (nSPS) is 14.2. The van der Waals surface area contributed by atoms with Crippen LogP contribution >= 0.6 is 28.3 Å². The molecule has 3 heterocycles. The Kier molecular flexibility index (Phi) is 5.74. The number of nitrogens with two attached hydrogens (primary N) is 1. The Morgan fingerprint density at radius 3 is 2.70 bits per heavy atom. The third-order valence-corrected chi connectivity index (χ3v) is 5.24. The number of aromatic nitrogens is 2. The van der Waals surface area contributed by atoms with Gasteiger partial charge in [0.15, 0.2) is 0 Å². The Morgan fingerprint density at radius 2 is 2.00 bits per heavy atom.